The lowest BCUT2D eigenvalue weighted by Crippen LogP contribution is -2.68. The summed E-state index contributed by atoms with van der Waals surface area (Å²) < 4.78 is 13.3. The van der Waals surface area contributed by atoms with Crippen molar-refractivity contribution >= 4 is 5.91 Å². The molecule has 0 radical (unpaired) electrons. The largest absolute Gasteiger partial charge is 0.395 e. The molecule has 0 aromatic carbocycles. The van der Waals surface area contributed by atoms with Crippen molar-refractivity contribution in [3.63, 3.8) is 0 Å². The summed E-state index contributed by atoms with van der Waals surface area (Å²) >= 11 is 0. The highest BCUT2D eigenvalue weighted by atomic mass is 19.1. The van der Waals surface area contributed by atoms with Crippen LogP contribution < -0.4 is 10.6 Å². The van der Waals surface area contributed by atoms with E-state index in [2.05, 4.69) is 10.6 Å². The van der Waals surface area contributed by atoms with Gasteiger partial charge in [-0.15, -0.1) is 0 Å². The standard InChI is InChI=1S/C8H15FN2O4/c1-10-8(15)5-7(14)4(9)6(13)3(2-12)11-5/h3-7,11-14H,2H2,1H3,(H,10,15)/t3-,4-,5+,6-,7+/m1/s1. The van der Waals surface area contributed by atoms with Crippen LogP contribution in [-0.4, -0.2) is 65.3 Å². The van der Waals surface area contributed by atoms with Crippen LogP contribution in [0, 0.1) is 0 Å². The van der Waals surface area contributed by atoms with Crippen LogP contribution in [-0.2, 0) is 4.79 Å². The molecule has 1 rings (SSSR count). The van der Waals surface area contributed by atoms with E-state index in [1.165, 1.54) is 7.05 Å². The van der Waals surface area contributed by atoms with Crippen LogP contribution in [0.25, 0.3) is 0 Å². The lowest BCUT2D eigenvalue weighted by atomic mass is 9.91. The fourth-order valence-electron chi connectivity index (χ4n) is 1.58. The normalized spacial score (nSPS) is 41.3. The molecule has 0 aliphatic carbocycles. The van der Waals surface area contributed by atoms with Crippen LogP contribution in [0.2, 0.25) is 0 Å². The molecule has 0 unspecified atom stereocenters. The summed E-state index contributed by atoms with van der Waals surface area (Å²) in [5.74, 6) is -0.588. The third-order valence-corrected chi connectivity index (χ3v) is 2.53. The number of amides is 1. The minimum Gasteiger partial charge on any atom is -0.395 e. The number of carbonyl (C=O) groups is 1. The maximum absolute atomic E-state index is 13.3. The molecule has 6 nitrogen and oxygen atoms in total. The maximum Gasteiger partial charge on any atom is 0.239 e. The summed E-state index contributed by atoms with van der Waals surface area (Å²) in [7, 11) is 1.35. The zero-order chi connectivity index (χ0) is 11.6. The minimum absolute atomic E-state index is 0.512. The van der Waals surface area contributed by atoms with E-state index in [0.29, 0.717) is 0 Å². The Kier molecular flexibility index (Phi) is 3.97. The number of halogens is 1. The number of hydrogen-bond acceptors (Lipinski definition) is 5. The number of rotatable bonds is 2. The van der Waals surface area contributed by atoms with Crippen molar-refractivity contribution in [2.24, 2.45) is 0 Å². The third kappa shape index (κ3) is 2.25. The van der Waals surface area contributed by atoms with Crippen LogP contribution >= 0.6 is 0 Å². The van der Waals surface area contributed by atoms with Gasteiger partial charge in [-0.05, 0) is 0 Å². The average molecular weight is 222 g/mol. The monoisotopic (exact) mass is 222 g/mol. The topological polar surface area (TPSA) is 102 Å². The predicted molar refractivity (Wildman–Crippen MR) is 48.8 cm³/mol. The Morgan fingerprint density at radius 2 is 2.07 bits per heavy atom. The van der Waals surface area contributed by atoms with Crippen molar-refractivity contribution in [2.75, 3.05) is 13.7 Å². The molecule has 15 heavy (non-hydrogen) atoms. The molecule has 1 amide bonds. The summed E-state index contributed by atoms with van der Waals surface area (Å²) in [6.07, 6.45) is -5.10. The Balaban J connectivity index is 2.78. The molecule has 1 aliphatic rings. The summed E-state index contributed by atoms with van der Waals surface area (Å²) in [6, 6.07) is -2.11. The highest BCUT2D eigenvalue weighted by molar-refractivity contribution is 5.82. The molecule has 5 N–H and O–H groups in total. The van der Waals surface area contributed by atoms with E-state index in [9.17, 15) is 19.4 Å². The zero-order valence-corrected chi connectivity index (χ0v) is 8.22. The van der Waals surface area contributed by atoms with Crippen LogP contribution in [0.4, 0.5) is 4.39 Å². The summed E-state index contributed by atoms with van der Waals surface area (Å²) in [6.45, 7) is -0.512. The van der Waals surface area contributed by atoms with E-state index in [-0.39, 0.29) is 0 Å². The van der Waals surface area contributed by atoms with E-state index in [1.54, 1.807) is 0 Å². The second-order valence-electron chi connectivity index (χ2n) is 3.47. The Morgan fingerprint density at radius 3 is 2.53 bits per heavy atom. The van der Waals surface area contributed by atoms with Gasteiger partial charge in [0.15, 0.2) is 6.17 Å². The van der Waals surface area contributed by atoms with Gasteiger partial charge >= 0.3 is 0 Å². The first kappa shape index (κ1) is 12.3. The predicted octanol–water partition coefficient (Wildman–Crippen LogP) is -2.87. The second-order valence-corrected chi connectivity index (χ2v) is 3.47. The van der Waals surface area contributed by atoms with E-state index in [0.717, 1.165) is 0 Å². The molecule has 0 saturated carbocycles. The molecule has 88 valence electrons. The van der Waals surface area contributed by atoms with Gasteiger partial charge in [-0.3, -0.25) is 10.1 Å². The van der Waals surface area contributed by atoms with Crippen LogP contribution in [0.5, 0.6) is 0 Å². The highest BCUT2D eigenvalue weighted by Gasteiger charge is 2.45. The molecule has 1 saturated heterocycles. The number of carbonyl (C=O) groups excluding carboxylic acids is 1. The Morgan fingerprint density at radius 1 is 1.47 bits per heavy atom. The number of piperidine rings is 1. The Labute approximate surface area is 86.1 Å². The first-order chi connectivity index (χ1) is 7.02. The van der Waals surface area contributed by atoms with Gasteiger partial charge in [-0.2, -0.15) is 0 Å². The van der Waals surface area contributed by atoms with Crippen LogP contribution in [0.15, 0.2) is 0 Å². The van der Waals surface area contributed by atoms with Gasteiger partial charge < -0.3 is 20.6 Å². The summed E-state index contributed by atoms with van der Waals surface area (Å²) in [5, 5.41) is 32.2. The molecule has 1 fully saturated rings. The van der Waals surface area contributed by atoms with Crippen molar-refractivity contribution in [3.05, 3.63) is 0 Å². The molecule has 5 atom stereocenters. The molecule has 0 spiro atoms. The van der Waals surface area contributed by atoms with E-state index in [4.69, 9.17) is 5.11 Å². The minimum atomic E-state index is -1.95. The Hall–Kier alpha value is -0.760. The van der Waals surface area contributed by atoms with E-state index < -0.39 is 43.0 Å². The molecular formula is C8H15FN2O4. The van der Waals surface area contributed by atoms with Gasteiger partial charge in [-0.1, -0.05) is 0 Å². The molecule has 1 heterocycles. The molecule has 1 aliphatic heterocycles. The number of likely N-dealkylation sites (N-methyl/N-ethyl adjacent to an activating group) is 1. The molecule has 7 heteroatoms. The van der Waals surface area contributed by atoms with Crippen molar-refractivity contribution < 1.29 is 24.5 Å². The first-order valence-corrected chi connectivity index (χ1v) is 4.61. The van der Waals surface area contributed by atoms with Crippen molar-refractivity contribution in [1.29, 1.82) is 0 Å². The summed E-state index contributed by atoms with van der Waals surface area (Å²) in [5.41, 5.74) is 0. The van der Waals surface area contributed by atoms with Crippen LogP contribution in [0.3, 0.4) is 0 Å². The number of nitrogens with one attached hydrogen (secondary N) is 2. The molecule has 0 aromatic rings. The SMILES string of the molecule is CNC(=O)[C@H]1N[C@H](CO)[C@@H](O)[C@@H](F)[C@@H]1O. The van der Waals surface area contributed by atoms with Gasteiger partial charge in [0.2, 0.25) is 5.91 Å². The molecule has 0 aromatic heterocycles. The van der Waals surface area contributed by atoms with Crippen molar-refractivity contribution in [1.82, 2.24) is 10.6 Å². The first-order valence-electron chi connectivity index (χ1n) is 4.61. The highest BCUT2D eigenvalue weighted by Crippen LogP contribution is 2.18. The van der Waals surface area contributed by atoms with Crippen molar-refractivity contribution in [3.8, 4) is 0 Å². The zero-order valence-electron chi connectivity index (χ0n) is 8.22. The lowest BCUT2D eigenvalue weighted by Gasteiger charge is -2.38. The van der Waals surface area contributed by atoms with Crippen molar-refractivity contribution in [2.45, 2.75) is 30.5 Å². The van der Waals surface area contributed by atoms with E-state index >= 15 is 0 Å². The number of hydrogen-bond donors (Lipinski definition) is 5. The fourth-order valence-corrected chi connectivity index (χ4v) is 1.58. The Bertz CT molecular complexity index is 239. The smallest absolute Gasteiger partial charge is 0.239 e. The molecule has 0 bridgehead atoms. The van der Waals surface area contributed by atoms with Gasteiger partial charge in [0, 0.05) is 7.05 Å². The quantitative estimate of drug-likeness (QED) is 0.345. The number of aliphatic hydroxyl groups excluding tert-OH is 3. The number of aliphatic hydroxyl groups is 3. The van der Waals surface area contributed by atoms with Crippen LogP contribution in [0.1, 0.15) is 0 Å². The fraction of sp³-hybridized carbons (Fsp3) is 0.875. The van der Waals surface area contributed by atoms with Gasteiger partial charge in [0.1, 0.15) is 18.2 Å². The average Bonchev–Trinajstić information content (AvgIpc) is 2.25. The van der Waals surface area contributed by atoms with E-state index in [1.807, 2.05) is 0 Å². The summed E-state index contributed by atoms with van der Waals surface area (Å²) in [4.78, 5) is 11.2. The van der Waals surface area contributed by atoms with Gasteiger partial charge in [0.25, 0.3) is 0 Å². The van der Waals surface area contributed by atoms with Gasteiger partial charge in [-0.25, -0.2) is 4.39 Å². The maximum atomic E-state index is 13.3. The van der Waals surface area contributed by atoms with Gasteiger partial charge in [0.05, 0.1) is 12.6 Å². The second kappa shape index (κ2) is 4.84. The number of alkyl halides is 1. The lowest BCUT2D eigenvalue weighted by molar-refractivity contribution is -0.135. The molecular weight excluding hydrogens is 207 g/mol. The third-order valence-electron chi connectivity index (χ3n) is 2.53.